The summed E-state index contributed by atoms with van der Waals surface area (Å²) >= 11 is 11.9. The Morgan fingerprint density at radius 2 is 1.58 bits per heavy atom. The topological polar surface area (TPSA) is 86.2 Å². The minimum absolute atomic E-state index is 0.199. The standard InChI is InChI=1S/C29H22Cl2N2O5/c1-36-27-15-19(7-14-26(27)38-29(35)22-10-13-24(30)25(31)16-22)17-32-33-28(34)18-37-23-11-8-21(9-12-23)20-5-3-2-4-6-20/h2-17H,18H2,1H3,(H,33,34)/b32-17+. The molecule has 0 unspecified atom stereocenters. The quantitative estimate of drug-likeness (QED) is 0.113. The first-order valence-electron chi connectivity index (χ1n) is 11.4. The molecule has 0 spiro atoms. The molecule has 192 valence electrons. The fourth-order valence-electron chi connectivity index (χ4n) is 3.36. The van der Waals surface area contributed by atoms with Crippen molar-refractivity contribution in [2.45, 2.75) is 0 Å². The van der Waals surface area contributed by atoms with Crippen molar-refractivity contribution < 1.29 is 23.8 Å². The Morgan fingerprint density at radius 3 is 2.29 bits per heavy atom. The Bertz CT molecular complexity index is 1460. The number of hydrogen-bond acceptors (Lipinski definition) is 6. The lowest BCUT2D eigenvalue weighted by atomic mass is 10.1. The van der Waals surface area contributed by atoms with Crippen molar-refractivity contribution >= 4 is 41.3 Å². The van der Waals surface area contributed by atoms with Gasteiger partial charge in [-0.15, -0.1) is 0 Å². The normalized spacial score (nSPS) is 10.7. The molecule has 0 saturated heterocycles. The van der Waals surface area contributed by atoms with Crippen molar-refractivity contribution in [3.63, 3.8) is 0 Å². The summed E-state index contributed by atoms with van der Waals surface area (Å²) in [7, 11) is 1.44. The van der Waals surface area contributed by atoms with Crippen LogP contribution in [0.3, 0.4) is 0 Å². The molecule has 9 heteroatoms. The van der Waals surface area contributed by atoms with Crippen LogP contribution >= 0.6 is 23.2 Å². The number of hydrazone groups is 1. The number of esters is 1. The molecule has 0 saturated carbocycles. The molecule has 4 rings (SSSR count). The summed E-state index contributed by atoms with van der Waals surface area (Å²) in [5, 5.41) is 4.52. The van der Waals surface area contributed by atoms with E-state index in [9.17, 15) is 9.59 Å². The van der Waals surface area contributed by atoms with Crippen molar-refractivity contribution in [2.24, 2.45) is 5.10 Å². The van der Waals surface area contributed by atoms with Crippen LogP contribution < -0.4 is 19.6 Å². The van der Waals surface area contributed by atoms with Crippen LogP contribution in [-0.2, 0) is 4.79 Å². The second-order valence-electron chi connectivity index (χ2n) is 7.90. The Balaban J connectivity index is 1.29. The van der Waals surface area contributed by atoms with Gasteiger partial charge in [-0.2, -0.15) is 5.10 Å². The SMILES string of the molecule is COc1cc(/C=N/NC(=O)COc2ccc(-c3ccccc3)cc2)ccc1OC(=O)c1ccc(Cl)c(Cl)c1. The average Bonchev–Trinajstić information content (AvgIpc) is 2.94. The highest BCUT2D eigenvalue weighted by Gasteiger charge is 2.14. The number of nitrogens with zero attached hydrogens (tertiary/aromatic N) is 1. The van der Waals surface area contributed by atoms with E-state index in [1.165, 1.54) is 31.5 Å². The van der Waals surface area contributed by atoms with Crippen LogP contribution in [-0.4, -0.2) is 31.8 Å². The Morgan fingerprint density at radius 1 is 0.842 bits per heavy atom. The summed E-state index contributed by atoms with van der Waals surface area (Å²) in [5.74, 6) is 0.0322. The van der Waals surface area contributed by atoms with Crippen LogP contribution in [0.4, 0.5) is 0 Å². The van der Waals surface area contributed by atoms with Gasteiger partial charge in [0.2, 0.25) is 0 Å². The van der Waals surface area contributed by atoms with Gasteiger partial charge in [-0.1, -0.05) is 65.7 Å². The maximum Gasteiger partial charge on any atom is 0.343 e. The van der Waals surface area contributed by atoms with Crippen LogP contribution in [0.25, 0.3) is 11.1 Å². The monoisotopic (exact) mass is 548 g/mol. The smallest absolute Gasteiger partial charge is 0.343 e. The van der Waals surface area contributed by atoms with Gasteiger partial charge in [0.15, 0.2) is 18.1 Å². The van der Waals surface area contributed by atoms with Gasteiger partial charge in [0.05, 0.1) is 28.9 Å². The van der Waals surface area contributed by atoms with Gasteiger partial charge >= 0.3 is 5.97 Å². The molecule has 0 heterocycles. The zero-order chi connectivity index (χ0) is 26.9. The molecule has 0 aromatic heterocycles. The third kappa shape index (κ3) is 7.12. The van der Waals surface area contributed by atoms with Crippen molar-refractivity contribution in [1.29, 1.82) is 0 Å². The number of carbonyl (C=O) groups is 2. The van der Waals surface area contributed by atoms with E-state index in [4.69, 9.17) is 37.4 Å². The van der Waals surface area contributed by atoms with Gasteiger partial charge in [-0.25, -0.2) is 10.2 Å². The first-order valence-corrected chi connectivity index (χ1v) is 12.1. The predicted molar refractivity (Wildman–Crippen MR) is 148 cm³/mol. The molecule has 7 nitrogen and oxygen atoms in total. The molecule has 0 aliphatic heterocycles. The van der Waals surface area contributed by atoms with Gasteiger partial charge in [0.1, 0.15) is 5.75 Å². The van der Waals surface area contributed by atoms with Gasteiger partial charge in [0.25, 0.3) is 5.91 Å². The van der Waals surface area contributed by atoms with E-state index in [1.807, 2.05) is 42.5 Å². The number of ether oxygens (including phenoxy) is 3. The summed E-state index contributed by atoms with van der Waals surface area (Å²) in [6.07, 6.45) is 1.43. The minimum atomic E-state index is -0.620. The van der Waals surface area contributed by atoms with E-state index in [-0.39, 0.29) is 22.9 Å². The Labute approximate surface area is 229 Å². The van der Waals surface area contributed by atoms with E-state index in [1.54, 1.807) is 30.3 Å². The molecular weight excluding hydrogens is 527 g/mol. The van der Waals surface area contributed by atoms with Gasteiger partial charge in [-0.05, 0) is 65.2 Å². The number of hydrogen-bond donors (Lipinski definition) is 1. The van der Waals surface area contributed by atoms with E-state index >= 15 is 0 Å². The van der Waals surface area contributed by atoms with E-state index in [2.05, 4.69) is 10.5 Å². The lowest BCUT2D eigenvalue weighted by Gasteiger charge is -2.10. The van der Waals surface area contributed by atoms with Crippen molar-refractivity contribution in [3.05, 3.63) is 112 Å². The number of nitrogens with one attached hydrogen (secondary N) is 1. The summed E-state index contributed by atoms with van der Waals surface area (Å²) in [6, 6.07) is 26.7. The molecule has 0 radical (unpaired) electrons. The molecular formula is C29H22Cl2N2O5. The van der Waals surface area contributed by atoms with Crippen LogP contribution in [0.1, 0.15) is 15.9 Å². The summed E-state index contributed by atoms with van der Waals surface area (Å²) in [4.78, 5) is 24.6. The highest BCUT2D eigenvalue weighted by Crippen LogP contribution is 2.29. The lowest BCUT2D eigenvalue weighted by Crippen LogP contribution is -2.24. The molecule has 0 aliphatic carbocycles. The molecule has 1 amide bonds. The number of rotatable bonds is 9. The first-order chi connectivity index (χ1) is 18.4. The molecule has 0 bridgehead atoms. The van der Waals surface area contributed by atoms with Crippen LogP contribution in [0.2, 0.25) is 10.0 Å². The third-order valence-corrected chi connectivity index (χ3v) is 6.02. The number of amides is 1. The van der Waals surface area contributed by atoms with Crippen molar-refractivity contribution in [2.75, 3.05) is 13.7 Å². The number of carbonyl (C=O) groups excluding carboxylic acids is 2. The molecule has 4 aromatic rings. The third-order valence-electron chi connectivity index (χ3n) is 5.28. The lowest BCUT2D eigenvalue weighted by molar-refractivity contribution is -0.123. The first kappa shape index (κ1) is 26.7. The van der Waals surface area contributed by atoms with Gasteiger partial charge in [-0.3, -0.25) is 4.79 Å². The summed E-state index contributed by atoms with van der Waals surface area (Å²) in [5.41, 5.74) is 5.41. The van der Waals surface area contributed by atoms with Gasteiger partial charge in [0, 0.05) is 0 Å². The second-order valence-corrected chi connectivity index (χ2v) is 8.72. The second kappa shape index (κ2) is 12.8. The van der Waals surface area contributed by atoms with Crippen LogP contribution in [0, 0.1) is 0 Å². The maximum atomic E-state index is 12.5. The largest absolute Gasteiger partial charge is 0.493 e. The van der Waals surface area contributed by atoms with Crippen LogP contribution in [0.5, 0.6) is 17.2 Å². The minimum Gasteiger partial charge on any atom is -0.493 e. The highest BCUT2D eigenvalue weighted by molar-refractivity contribution is 6.42. The number of methoxy groups -OCH3 is 1. The van der Waals surface area contributed by atoms with Gasteiger partial charge < -0.3 is 14.2 Å². The average molecular weight is 549 g/mol. The molecule has 0 fully saturated rings. The fraction of sp³-hybridized carbons (Fsp3) is 0.0690. The highest BCUT2D eigenvalue weighted by atomic mass is 35.5. The van der Waals surface area contributed by atoms with E-state index in [0.717, 1.165) is 11.1 Å². The Hall–Kier alpha value is -4.33. The zero-order valence-corrected chi connectivity index (χ0v) is 21.7. The molecule has 38 heavy (non-hydrogen) atoms. The number of halogens is 2. The Kier molecular flexibility index (Phi) is 8.98. The maximum absolute atomic E-state index is 12.5. The summed E-state index contributed by atoms with van der Waals surface area (Å²) in [6.45, 7) is -0.199. The predicted octanol–water partition coefficient (Wildman–Crippen LogP) is 6.42. The van der Waals surface area contributed by atoms with Crippen molar-refractivity contribution in [1.82, 2.24) is 5.43 Å². The zero-order valence-electron chi connectivity index (χ0n) is 20.2. The molecule has 0 aliphatic rings. The van der Waals surface area contributed by atoms with Crippen molar-refractivity contribution in [3.8, 4) is 28.4 Å². The van der Waals surface area contributed by atoms with Crippen LogP contribution in [0.15, 0.2) is 96.1 Å². The molecule has 4 aromatic carbocycles. The summed E-state index contributed by atoms with van der Waals surface area (Å²) < 4.78 is 16.3. The van der Waals surface area contributed by atoms with E-state index in [0.29, 0.717) is 22.1 Å². The number of benzene rings is 4. The molecule has 1 N–H and O–H groups in total. The van der Waals surface area contributed by atoms with E-state index < -0.39 is 11.9 Å². The molecule has 0 atom stereocenters. The fourth-order valence-corrected chi connectivity index (χ4v) is 3.66.